The molecule has 3 aliphatic heterocycles. The maximum absolute atomic E-state index is 12.5. The van der Waals surface area contributed by atoms with Crippen molar-refractivity contribution in [2.24, 2.45) is 16.3 Å². The molecule has 4 atom stereocenters. The van der Waals surface area contributed by atoms with E-state index < -0.39 is 0 Å². The molecule has 0 radical (unpaired) electrons. The van der Waals surface area contributed by atoms with E-state index in [1.54, 1.807) is 0 Å². The van der Waals surface area contributed by atoms with Crippen LogP contribution in [0.4, 0.5) is 0 Å². The summed E-state index contributed by atoms with van der Waals surface area (Å²) in [4.78, 5) is 21.3. The van der Waals surface area contributed by atoms with Crippen molar-refractivity contribution in [2.45, 2.75) is 51.4 Å². The largest absolute Gasteiger partial charge is 0.377 e. The number of guanidine groups is 1. The molecule has 1 N–H and O–H groups in total. The molecule has 1 aliphatic carbocycles. The van der Waals surface area contributed by atoms with Crippen LogP contribution in [0.25, 0.3) is 0 Å². The number of nitrogens with zero attached hydrogens (tertiary/aromatic N) is 3. The van der Waals surface area contributed by atoms with E-state index in [0.717, 1.165) is 64.6 Å². The Labute approximate surface area is 156 Å². The summed E-state index contributed by atoms with van der Waals surface area (Å²) in [5, 5.41) is 3.70. The van der Waals surface area contributed by atoms with Gasteiger partial charge in [0.1, 0.15) is 6.10 Å². The molecule has 4 aliphatic rings. The third-order valence-corrected chi connectivity index (χ3v) is 6.69. The molecule has 0 aromatic carbocycles. The molecule has 4 fully saturated rings. The molecule has 3 heterocycles. The molecule has 0 bridgehead atoms. The first-order valence-electron chi connectivity index (χ1n) is 10.0. The number of piperazine rings is 1. The molecule has 26 heavy (non-hydrogen) atoms. The minimum Gasteiger partial charge on any atom is -0.377 e. The van der Waals surface area contributed by atoms with Gasteiger partial charge in [0.2, 0.25) is 0 Å². The third kappa shape index (κ3) is 2.99. The molecule has 0 aromatic rings. The predicted molar refractivity (Wildman–Crippen MR) is 99.0 cm³/mol. The SMILES string of the molecule is CN=C(NC1C2CCOC2C1(C)C)N1CCN(C(=O)C2CCCO2)CC1. The molecular formula is C19H32N4O3. The first-order valence-corrected chi connectivity index (χ1v) is 10.0. The van der Waals surface area contributed by atoms with E-state index in [1.807, 2.05) is 11.9 Å². The van der Waals surface area contributed by atoms with Gasteiger partial charge < -0.3 is 24.6 Å². The van der Waals surface area contributed by atoms with Crippen LogP contribution in [-0.4, -0.2) is 86.4 Å². The predicted octanol–water partition coefficient (Wildman–Crippen LogP) is 0.699. The van der Waals surface area contributed by atoms with E-state index in [2.05, 4.69) is 29.1 Å². The lowest BCUT2D eigenvalue weighted by atomic mass is 9.57. The summed E-state index contributed by atoms with van der Waals surface area (Å²) in [6, 6.07) is 0.403. The van der Waals surface area contributed by atoms with Crippen LogP contribution in [0, 0.1) is 11.3 Å². The molecule has 0 spiro atoms. The van der Waals surface area contributed by atoms with Gasteiger partial charge in [0.25, 0.3) is 5.91 Å². The van der Waals surface area contributed by atoms with E-state index in [4.69, 9.17) is 9.47 Å². The maximum atomic E-state index is 12.5. The molecule has 4 unspecified atom stereocenters. The van der Waals surface area contributed by atoms with Crippen LogP contribution in [-0.2, 0) is 14.3 Å². The second kappa shape index (κ2) is 7.00. The van der Waals surface area contributed by atoms with Crippen molar-refractivity contribution < 1.29 is 14.3 Å². The van der Waals surface area contributed by atoms with Gasteiger partial charge in [-0.25, -0.2) is 0 Å². The Bertz CT molecular complexity index is 565. The Hall–Kier alpha value is -1.34. The van der Waals surface area contributed by atoms with Crippen LogP contribution in [0.5, 0.6) is 0 Å². The number of carbonyl (C=O) groups excluding carboxylic acids is 1. The quantitative estimate of drug-likeness (QED) is 0.577. The number of aliphatic imine (C=N–C) groups is 1. The van der Waals surface area contributed by atoms with Gasteiger partial charge in [-0.2, -0.15) is 0 Å². The van der Waals surface area contributed by atoms with Gasteiger partial charge in [-0.15, -0.1) is 0 Å². The minimum absolute atomic E-state index is 0.134. The van der Waals surface area contributed by atoms with Crippen molar-refractivity contribution >= 4 is 11.9 Å². The summed E-state index contributed by atoms with van der Waals surface area (Å²) < 4.78 is 11.4. The van der Waals surface area contributed by atoms with Gasteiger partial charge in [0.05, 0.1) is 6.10 Å². The third-order valence-electron chi connectivity index (χ3n) is 6.69. The van der Waals surface area contributed by atoms with Crippen molar-refractivity contribution in [3.8, 4) is 0 Å². The zero-order chi connectivity index (χ0) is 18.3. The van der Waals surface area contributed by atoms with Crippen LogP contribution in [0.3, 0.4) is 0 Å². The van der Waals surface area contributed by atoms with Crippen LogP contribution < -0.4 is 5.32 Å². The number of fused-ring (bicyclic) bond motifs is 1. The fourth-order valence-corrected chi connectivity index (χ4v) is 5.17. The van der Waals surface area contributed by atoms with E-state index in [9.17, 15) is 4.79 Å². The van der Waals surface area contributed by atoms with Crippen molar-refractivity contribution in [3.63, 3.8) is 0 Å². The fourth-order valence-electron chi connectivity index (χ4n) is 5.17. The minimum atomic E-state index is -0.214. The lowest BCUT2D eigenvalue weighted by Gasteiger charge is -2.55. The van der Waals surface area contributed by atoms with Gasteiger partial charge in [0, 0.05) is 63.8 Å². The number of hydrogen-bond acceptors (Lipinski definition) is 4. The maximum Gasteiger partial charge on any atom is 0.251 e. The lowest BCUT2D eigenvalue weighted by Crippen LogP contribution is -2.68. The first kappa shape index (κ1) is 18.0. The summed E-state index contributed by atoms with van der Waals surface area (Å²) in [6.45, 7) is 9.26. The topological polar surface area (TPSA) is 66.4 Å². The zero-order valence-electron chi connectivity index (χ0n) is 16.2. The number of hydrogen-bond donors (Lipinski definition) is 1. The second-order valence-electron chi connectivity index (χ2n) is 8.55. The van der Waals surface area contributed by atoms with E-state index in [-0.39, 0.29) is 17.4 Å². The van der Waals surface area contributed by atoms with Crippen LogP contribution in [0.1, 0.15) is 33.1 Å². The summed E-state index contributed by atoms with van der Waals surface area (Å²) in [6.07, 6.45) is 3.15. The molecule has 3 saturated heterocycles. The lowest BCUT2D eigenvalue weighted by molar-refractivity contribution is -0.142. The fraction of sp³-hybridized carbons (Fsp3) is 0.895. The highest BCUT2D eigenvalue weighted by atomic mass is 16.5. The number of amides is 1. The summed E-state index contributed by atoms with van der Waals surface area (Å²) in [5.41, 5.74) is 0.134. The molecule has 7 nitrogen and oxygen atoms in total. The van der Waals surface area contributed by atoms with Gasteiger partial charge >= 0.3 is 0 Å². The molecule has 7 heteroatoms. The standard InChI is InChI=1S/C19H32N4O3/c1-19(2)15(13-6-12-26-16(13)19)21-18(20-3)23-9-7-22(8-10-23)17(24)14-5-4-11-25-14/h13-16H,4-12H2,1-3H3,(H,20,21). The van der Waals surface area contributed by atoms with Crippen molar-refractivity contribution in [2.75, 3.05) is 46.4 Å². The highest BCUT2D eigenvalue weighted by Crippen LogP contribution is 2.52. The van der Waals surface area contributed by atoms with E-state index in [0.29, 0.717) is 18.1 Å². The molecule has 4 rings (SSSR count). The Morgan fingerprint density at radius 3 is 2.46 bits per heavy atom. The normalized spacial score (nSPS) is 36.7. The Morgan fingerprint density at radius 2 is 1.81 bits per heavy atom. The second-order valence-corrected chi connectivity index (χ2v) is 8.55. The molecule has 0 aromatic heterocycles. The Morgan fingerprint density at radius 1 is 1.08 bits per heavy atom. The Balaban J connectivity index is 1.32. The highest BCUT2D eigenvalue weighted by Gasteiger charge is 2.59. The molecule has 1 saturated carbocycles. The average Bonchev–Trinajstić information content (AvgIpc) is 3.33. The van der Waals surface area contributed by atoms with E-state index in [1.165, 1.54) is 0 Å². The summed E-state index contributed by atoms with van der Waals surface area (Å²) in [5.74, 6) is 1.71. The number of nitrogens with one attached hydrogen (secondary N) is 1. The van der Waals surface area contributed by atoms with Crippen molar-refractivity contribution in [1.29, 1.82) is 0 Å². The van der Waals surface area contributed by atoms with Crippen LogP contribution in [0.15, 0.2) is 4.99 Å². The summed E-state index contributed by atoms with van der Waals surface area (Å²) >= 11 is 0. The molecular weight excluding hydrogens is 332 g/mol. The van der Waals surface area contributed by atoms with Gasteiger partial charge in [-0.05, 0) is 19.3 Å². The average molecular weight is 364 g/mol. The van der Waals surface area contributed by atoms with Gasteiger partial charge in [-0.3, -0.25) is 9.79 Å². The van der Waals surface area contributed by atoms with Crippen LogP contribution in [0.2, 0.25) is 0 Å². The number of ether oxygens (including phenoxy) is 2. The monoisotopic (exact) mass is 364 g/mol. The van der Waals surface area contributed by atoms with Gasteiger partial charge in [0.15, 0.2) is 5.96 Å². The zero-order valence-corrected chi connectivity index (χ0v) is 16.2. The molecule has 1 amide bonds. The number of rotatable bonds is 2. The first-order chi connectivity index (χ1) is 12.5. The smallest absolute Gasteiger partial charge is 0.251 e. The number of carbonyl (C=O) groups is 1. The van der Waals surface area contributed by atoms with Crippen LogP contribution >= 0.6 is 0 Å². The Kier molecular flexibility index (Phi) is 4.86. The van der Waals surface area contributed by atoms with Gasteiger partial charge in [-0.1, -0.05) is 13.8 Å². The van der Waals surface area contributed by atoms with Crippen molar-refractivity contribution in [3.05, 3.63) is 0 Å². The summed E-state index contributed by atoms with van der Waals surface area (Å²) in [7, 11) is 1.85. The van der Waals surface area contributed by atoms with Crippen molar-refractivity contribution in [1.82, 2.24) is 15.1 Å². The highest BCUT2D eigenvalue weighted by molar-refractivity contribution is 5.83. The van der Waals surface area contributed by atoms with E-state index >= 15 is 0 Å². The molecule has 146 valence electrons.